The van der Waals surface area contributed by atoms with Gasteiger partial charge in [-0.25, -0.2) is 0 Å². The number of carbonyl (C=O) groups is 1. The van der Waals surface area contributed by atoms with Gasteiger partial charge in [-0.05, 0) is 50.6 Å². The van der Waals surface area contributed by atoms with Crippen LogP contribution in [0.25, 0.3) is 0 Å². The molecule has 0 bridgehead atoms. The van der Waals surface area contributed by atoms with Crippen LogP contribution in [-0.2, 0) is 17.6 Å². The first-order valence-corrected chi connectivity index (χ1v) is 9.24. The quantitative estimate of drug-likeness (QED) is 0.829. The predicted molar refractivity (Wildman–Crippen MR) is 90.6 cm³/mol. The van der Waals surface area contributed by atoms with E-state index in [0.717, 1.165) is 50.6 Å². The summed E-state index contributed by atoms with van der Waals surface area (Å²) < 4.78 is 0. The molecule has 2 N–H and O–H groups in total. The van der Waals surface area contributed by atoms with E-state index in [9.17, 15) is 15.2 Å². The maximum Gasteiger partial charge on any atom is 0.239 e. The zero-order chi connectivity index (χ0) is 16.2. The number of aliphatic hydroxyl groups is 1. The molecule has 2 heterocycles. The van der Waals surface area contributed by atoms with Crippen LogP contribution in [-0.4, -0.2) is 41.7 Å². The van der Waals surface area contributed by atoms with Gasteiger partial charge in [0.05, 0.1) is 18.7 Å². The van der Waals surface area contributed by atoms with Crippen molar-refractivity contribution in [2.75, 3.05) is 25.0 Å². The van der Waals surface area contributed by atoms with Crippen LogP contribution in [0.15, 0.2) is 0 Å². The second-order valence-corrected chi connectivity index (χ2v) is 7.48. The van der Waals surface area contributed by atoms with Crippen LogP contribution in [0.3, 0.4) is 0 Å². The lowest BCUT2D eigenvalue weighted by Crippen LogP contribution is -2.38. The average Bonchev–Trinajstić information content (AvgIpc) is 3.04. The molecule has 1 saturated heterocycles. The van der Waals surface area contributed by atoms with Gasteiger partial charge in [0.2, 0.25) is 5.91 Å². The number of nitriles is 1. The van der Waals surface area contributed by atoms with Crippen LogP contribution in [0.4, 0.5) is 5.00 Å². The second kappa shape index (κ2) is 7.43. The maximum atomic E-state index is 12.3. The molecule has 6 heteroatoms. The molecule has 124 valence electrons. The Hall–Kier alpha value is -1.42. The zero-order valence-electron chi connectivity index (χ0n) is 13.3. The fourth-order valence-corrected chi connectivity index (χ4v) is 4.87. The number of hydrogen-bond acceptors (Lipinski definition) is 5. The van der Waals surface area contributed by atoms with Gasteiger partial charge in [-0.3, -0.25) is 9.69 Å². The van der Waals surface area contributed by atoms with Crippen LogP contribution in [0.1, 0.15) is 48.1 Å². The van der Waals surface area contributed by atoms with Crippen LogP contribution >= 0.6 is 11.3 Å². The largest absolute Gasteiger partial charge is 0.395 e. The Morgan fingerprint density at radius 1 is 1.35 bits per heavy atom. The van der Waals surface area contributed by atoms with Crippen molar-refractivity contribution in [2.24, 2.45) is 0 Å². The Bertz CT molecular complexity index is 620. The lowest BCUT2D eigenvalue weighted by molar-refractivity contribution is -0.117. The molecule has 1 fully saturated rings. The summed E-state index contributed by atoms with van der Waals surface area (Å²) in [6.45, 7) is 1.24. The summed E-state index contributed by atoms with van der Waals surface area (Å²) in [5, 5.41) is 22.5. The highest BCUT2D eigenvalue weighted by Gasteiger charge is 2.26. The summed E-state index contributed by atoms with van der Waals surface area (Å²) >= 11 is 1.57. The SMILES string of the molecule is N#Cc1c(NC(=O)CN2CCC[C@@H]2CO)sc2c1CCCCC2. The third-order valence-electron chi connectivity index (χ3n) is 4.84. The van der Waals surface area contributed by atoms with E-state index in [-0.39, 0.29) is 18.6 Å². The number of amides is 1. The van der Waals surface area contributed by atoms with E-state index in [1.54, 1.807) is 11.3 Å². The number of nitrogens with zero attached hydrogens (tertiary/aromatic N) is 2. The Morgan fingerprint density at radius 3 is 2.96 bits per heavy atom. The number of likely N-dealkylation sites (tertiary alicyclic amines) is 1. The fraction of sp³-hybridized carbons (Fsp3) is 0.647. The molecule has 0 radical (unpaired) electrons. The normalized spacial score (nSPS) is 21.5. The summed E-state index contributed by atoms with van der Waals surface area (Å²) in [4.78, 5) is 15.6. The molecule has 2 aliphatic rings. The molecule has 0 saturated carbocycles. The Kier molecular flexibility index (Phi) is 5.31. The van der Waals surface area contributed by atoms with Gasteiger partial charge in [0, 0.05) is 10.9 Å². The van der Waals surface area contributed by atoms with Gasteiger partial charge in [0.15, 0.2) is 0 Å². The second-order valence-electron chi connectivity index (χ2n) is 6.38. The van der Waals surface area contributed by atoms with Crippen LogP contribution in [0, 0.1) is 11.3 Å². The van der Waals surface area contributed by atoms with Crippen molar-refractivity contribution in [1.29, 1.82) is 5.26 Å². The van der Waals surface area contributed by atoms with Crippen molar-refractivity contribution in [1.82, 2.24) is 4.90 Å². The van der Waals surface area contributed by atoms with Crippen molar-refractivity contribution < 1.29 is 9.90 Å². The lowest BCUT2D eigenvalue weighted by atomic mass is 10.1. The summed E-state index contributed by atoms with van der Waals surface area (Å²) in [7, 11) is 0. The Balaban J connectivity index is 1.70. The van der Waals surface area contributed by atoms with E-state index in [0.29, 0.717) is 17.1 Å². The summed E-state index contributed by atoms with van der Waals surface area (Å²) in [5.41, 5.74) is 1.82. The Morgan fingerprint density at radius 2 is 2.17 bits per heavy atom. The number of thiophene rings is 1. The molecule has 0 aromatic carbocycles. The molecular weight excluding hydrogens is 310 g/mol. The van der Waals surface area contributed by atoms with Crippen LogP contribution < -0.4 is 5.32 Å². The van der Waals surface area contributed by atoms with Crippen LogP contribution in [0.5, 0.6) is 0 Å². The molecule has 1 amide bonds. The van der Waals surface area contributed by atoms with Gasteiger partial charge in [-0.15, -0.1) is 11.3 Å². The zero-order valence-corrected chi connectivity index (χ0v) is 14.1. The van der Waals surface area contributed by atoms with E-state index in [1.807, 2.05) is 4.90 Å². The van der Waals surface area contributed by atoms with Gasteiger partial charge < -0.3 is 10.4 Å². The molecule has 5 nitrogen and oxygen atoms in total. The molecule has 3 rings (SSSR count). The number of aliphatic hydroxyl groups excluding tert-OH is 1. The van der Waals surface area contributed by atoms with Crippen LogP contribution in [0.2, 0.25) is 0 Å². The molecule has 0 unspecified atom stereocenters. The predicted octanol–water partition coefficient (Wildman–Crippen LogP) is 2.28. The molecule has 1 atom stereocenters. The lowest BCUT2D eigenvalue weighted by Gasteiger charge is -2.21. The minimum absolute atomic E-state index is 0.0849. The first-order chi connectivity index (χ1) is 11.2. The topological polar surface area (TPSA) is 76.4 Å². The fourth-order valence-electron chi connectivity index (χ4n) is 3.61. The number of rotatable bonds is 4. The smallest absolute Gasteiger partial charge is 0.239 e. The van der Waals surface area contributed by atoms with Crippen molar-refractivity contribution >= 4 is 22.2 Å². The van der Waals surface area contributed by atoms with Crippen molar-refractivity contribution in [3.05, 3.63) is 16.0 Å². The van der Waals surface area contributed by atoms with E-state index in [1.165, 1.54) is 11.3 Å². The van der Waals surface area contributed by atoms with E-state index >= 15 is 0 Å². The summed E-state index contributed by atoms with van der Waals surface area (Å²) in [5.74, 6) is -0.0849. The molecular formula is C17H23N3O2S. The Labute approximate surface area is 140 Å². The first kappa shape index (κ1) is 16.4. The third-order valence-corrected chi connectivity index (χ3v) is 6.05. The number of nitrogens with one attached hydrogen (secondary N) is 1. The molecule has 0 spiro atoms. The average molecular weight is 333 g/mol. The number of hydrogen-bond donors (Lipinski definition) is 2. The number of aryl methyl sites for hydroxylation is 1. The third kappa shape index (κ3) is 3.57. The molecule has 1 aliphatic carbocycles. The van der Waals surface area contributed by atoms with E-state index < -0.39 is 0 Å². The summed E-state index contributed by atoms with van der Waals surface area (Å²) in [6.07, 6.45) is 7.43. The number of carbonyl (C=O) groups excluding carboxylic acids is 1. The van der Waals surface area contributed by atoms with Gasteiger partial charge >= 0.3 is 0 Å². The highest BCUT2D eigenvalue weighted by atomic mass is 32.1. The molecule has 1 aromatic heterocycles. The number of fused-ring (bicyclic) bond motifs is 1. The monoisotopic (exact) mass is 333 g/mol. The number of anilines is 1. The maximum absolute atomic E-state index is 12.3. The van der Waals surface area contributed by atoms with E-state index in [4.69, 9.17) is 0 Å². The van der Waals surface area contributed by atoms with Crippen molar-refractivity contribution in [3.63, 3.8) is 0 Å². The van der Waals surface area contributed by atoms with Gasteiger partial charge in [-0.2, -0.15) is 5.26 Å². The first-order valence-electron chi connectivity index (χ1n) is 8.42. The van der Waals surface area contributed by atoms with E-state index in [2.05, 4.69) is 11.4 Å². The van der Waals surface area contributed by atoms with Crippen molar-refractivity contribution in [2.45, 2.75) is 51.0 Å². The minimum atomic E-state index is -0.0849. The van der Waals surface area contributed by atoms with Gasteiger partial charge in [0.1, 0.15) is 11.1 Å². The standard InChI is InChI=1S/C17H23N3O2S/c18-9-14-13-6-2-1-3-7-15(13)23-17(14)19-16(22)10-20-8-4-5-12(20)11-21/h12,21H,1-8,10-11H2,(H,19,22)/t12-/m1/s1. The molecule has 23 heavy (non-hydrogen) atoms. The summed E-state index contributed by atoms with van der Waals surface area (Å²) in [6, 6.07) is 2.39. The van der Waals surface area contributed by atoms with Gasteiger partial charge in [-0.1, -0.05) is 6.42 Å². The van der Waals surface area contributed by atoms with Crippen molar-refractivity contribution in [3.8, 4) is 6.07 Å². The highest BCUT2D eigenvalue weighted by Crippen LogP contribution is 2.37. The highest BCUT2D eigenvalue weighted by molar-refractivity contribution is 7.16. The van der Waals surface area contributed by atoms with Gasteiger partial charge in [0.25, 0.3) is 0 Å². The molecule has 1 aromatic rings. The molecule has 1 aliphatic heterocycles. The minimum Gasteiger partial charge on any atom is -0.395 e.